The second-order valence-corrected chi connectivity index (χ2v) is 8.69. The van der Waals surface area contributed by atoms with Crippen molar-refractivity contribution in [1.29, 1.82) is 0 Å². The lowest BCUT2D eigenvalue weighted by Crippen LogP contribution is -3.15. The van der Waals surface area contributed by atoms with E-state index in [-0.39, 0.29) is 5.56 Å². The monoisotopic (exact) mass is 438 g/mol. The van der Waals surface area contributed by atoms with E-state index >= 15 is 0 Å². The number of quaternary nitrogens is 1. The number of hydrogen-bond acceptors (Lipinski definition) is 3. The summed E-state index contributed by atoms with van der Waals surface area (Å²) in [6.45, 7) is 5.73. The quantitative estimate of drug-likeness (QED) is 0.499. The highest BCUT2D eigenvalue weighted by Crippen LogP contribution is 2.29. The molecule has 1 aromatic heterocycles. The summed E-state index contributed by atoms with van der Waals surface area (Å²) < 4.78 is 0. The van der Waals surface area contributed by atoms with E-state index in [0.717, 1.165) is 42.9 Å². The van der Waals surface area contributed by atoms with Crippen LogP contribution in [0.1, 0.15) is 33.2 Å². The van der Waals surface area contributed by atoms with Crippen LogP contribution in [0.4, 0.5) is 5.69 Å². The molecule has 1 fully saturated rings. The van der Waals surface area contributed by atoms with Crippen LogP contribution >= 0.6 is 0 Å². The Morgan fingerprint density at radius 2 is 1.52 bits per heavy atom. The Balaban J connectivity index is 1.45. The average Bonchev–Trinajstić information content (AvgIpc) is 2.85. The van der Waals surface area contributed by atoms with Crippen LogP contribution in [0.15, 0.2) is 84.9 Å². The van der Waals surface area contributed by atoms with Gasteiger partial charge in [-0.15, -0.1) is 0 Å². The fourth-order valence-electron chi connectivity index (χ4n) is 5.07. The van der Waals surface area contributed by atoms with Crippen molar-refractivity contribution in [1.82, 2.24) is 4.98 Å². The zero-order valence-corrected chi connectivity index (χ0v) is 18.7. The molecule has 33 heavy (non-hydrogen) atoms. The van der Waals surface area contributed by atoms with Crippen LogP contribution in [0.3, 0.4) is 0 Å². The van der Waals surface area contributed by atoms with E-state index in [1.165, 1.54) is 11.1 Å². The van der Waals surface area contributed by atoms with Gasteiger partial charge in [-0.2, -0.15) is 0 Å². The van der Waals surface area contributed by atoms with Gasteiger partial charge in [0, 0.05) is 27.9 Å². The van der Waals surface area contributed by atoms with Crippen LogP contribution in [0.25, 0.3) is 10.9 Å². The number of nitrogens with zero attached hydrogens (tertiary/aromatic N) is 2. The molecule has 1 aliphatic rings. The number of aromatic carboxylic acids is 1. The second-order valence-electron chi connectivity index (χ2n) is 8.69. The highest BCUT2D eigenvalue weighted by atomic mass is 16.4. The Kier molecular flexibility index (Phi) is 5.80. The number of aromatic nitrogens is 1. The molecule has 0 saturated carbocycles. The molecule has 0 bridgehead atoms. The zero-order valence-electron chi connectivity index (χ0n) is 18.7. The molecule has 166 valence electrons. The molecule has 5 nitrogen and oxygen atoms in total. The van der Waals surface area contributed by atoms with Crippen molar-refractivity contribution in [3.8, 4) is 0 Å². The second kappa shape index (κ2) is 9.04. The Morgan fingerprint density at radius 3 is 2.09 bits per heavy atom. The van der Waals surface area contributed by atoms with Gasteiger partial charge in [-0.1, -0.05) is 72.8 Å². The summed E-state index contributed by atoms with van der Waals surface area (Å²) in [5.41, 5.74) is 5.42. The van der Waals surface area contributed by atoms with E-state index < -0.39 is 5.97 Å². The predicted octanol–water partition coefficient (Wildman–Crippen LogP) is 3.74. The largest absolute Gasteiger partial charge is 0.478 e. The summed E-state index contributed by atoms with van der Waals surface area (Å²) in [6, 6.07) is 29.3. The molecule has 4 aromatic rings. The molecule has 1 aliphatic heterocycles. The van der Waals surface area contributed by atoms with Crippen LogP contribution in [-0.4, -0.2) is 42.2 Å². The van der Waals surface area contributed by atoms with Gasteiger partial charge in [0.25, 0.3) is 0 Å². The minimum atomic E-state index is -0.938. The van der Waals surface area contributed by atoms with Gasteiger partial charge in [0.2, 0.25) is 0 Å². The third-order valence-corrected chi connectivity index (χ3v) is 6.60. The molecule has 0 atom stereocenters. The fraction of sp³-hybridized carbons (Fsp3) is 0.214. The molecule has 0 unspecified atom stereocenters. The minimum absolute atomic E-state index is 0.259. The number of para-hydroxylation sites is 1. The molecule has 5 rings (SSSR count). The molecular weight excluding hydrogens is 410 g/mol. The smallest absolute Gasteiger partial charge is 0.337 e. The number of benzene rings is 3. The third-order valence-electron chi connectivity index (χ3n) is 6.60. The van der Waals surface area contributed by atoms with Gasteiger partial charge in [0.15, 0.2) is 0 Å². The predicted molar refractivity (Wildman–Crippen MR) is 131 cm³/mol. The topological polar surface area (TPSA) is 57.9 Å². The van der Waals surface area contributed by atoms with Crippen LogP contribution in [0.2, 0.25) is 0 Å². The number of fused-ring (bicyclic) bond motifs is 1. The van der Waals surface area contributed by atoms with Gasteiger partial charge in [-0.3, -0.25) is 4.98 Å². The van der Waals surface area contributed by atoms with Gasteiger partial charge in [-0.25, -0.2) is 4.79 Å². The van der Waals surface area contributed by atoms with Crippen molar-refractivity contribution >= 4 is 22.6 Å². The number of carbonyl (C=O) groups is 1. The van der Waals surface area contributed by atoms with Gasteiger partial charge in [0.05, 0.1) is 37.3 Å². The molecule has 5 heteroatoms. The van der Waals surface area contributed by atoms with Crippen molar-refractivity contribution in [3.05, 3.63) is 107 Å². The first kappa shape index (κ1) is 21.2. The van der Waals surface area contributed by atoms with Crippen molar-refractivity contribution in [2.75, 3.05) is 31.1 Å². The highest BCUT2D eigenvalue weighted by molar-refractivity contribution is 6.05. The summed E-state index contributed by atoms with van der Waals surface area (Å²) >= 11 is 0. The van der Waals surface area contributed by atoms with Crippen molar-refractivity contribution < 1.29 is 14.8 Å². The van der Waals surface area contributed by atoms with Crippen LogP contribution in [-0.2, 0) is 0 Å². The highest BCUT2D eigenvalue weighted by Gasteiger charge is 2.30. The molecule has 0 aliphatic carbocycles. The lowest BCUT2D eigenvalue weighted by atomic mass is 9.96. The molecule has 2 N–H and O–H groups in total. The van der Waals surface area contributed by atoms with E-state index in [2.05, 4.69) is 76.6 Å². The number of carboxylic acid groups (broad SMARTS) is 1. The Bertz CT molecular complexity index is 1230. The molecule has 2 heterocycles. The first-order valence-electron chi connectivity index (χ1n) is 11.4. The standard InChI is InChI=1S/C28H27N3O2/c1-20-19-25(23-13-8-14-24(28(32)33)26(23)29-20)30-15-17-31(18-16-30)27(21-9-4-2-5-10-21)22-11-6-3-7-12-22/h2-14,19,27H,15-18H2,1H3,(H,32,33)/p+1. The average molecular weight is 439 g/mol. The zero-order chi connectivity index (χ0) is 22.8. The summed E-state index contributed by atoms with van der Waals surface area (Å²) in [4.78, 5) is 20.2. The van der Waals surface area contributed by atoms with E-state index in [9.17, 15) is 9.90 Å². The Labute approximate surface area is 193 Å². The SMILES string of the molecule is Cc1cc(N2CC[NH+](C(c3ccccc3)c3ccccc3)CC2)c2cccc(C(=O)O)c2n1. The minimum Gasteiger partial charge on any atom is -0.478 e. The molecule has 3 aromatic carbocycles. The summed E-state index contributed by atoms with van der Waals surface area (Å²) in [7, 11) is 0. The van der Waals surface area contributed by atoms with E-state index in [4.69, 9.17) is 0 Å². The molecular formula is C28H28N3O2+. The number of aryl methyl sites for hydroxylation is 1. The van der Waals surface area contributed by atoms with Crippen LogP contribution < -0.4 is 9.80 Å². The third kappa shape index (κ3) is 4.20. The number of carboxylic acids is 1. The summed E-state index contributed by atoms with van der Waals surface area (Å²) in [5, 5.41) is 10.5. The van der Waals surface area contributed by atoms with Gasteiger partial charge >= 0.3 is 5.97 Å². The normalized spacial score (nSPS) is 14.7. The lowest BCUT2D eigenvalue weighted by Gasteiger charge is -2.38. The molecule has 1 saturated heterocycles. The number of rotatable bonds is 5. The van der Waals surface area contributed by atoms with Gasteiger partial charge < -0.3 is 14.9 Å². The number of nitrogens with one attached hydrogen (secondary N) is 1. The van der Waals surface area contributed by atoms with Crippen LogP contribution in [0.5, 0.6) is 0 Å². The molecule has 0 radical (unpaired) electrons. The maximum absolute atomic E-state index is 11.7. The summed E-state index contributed by atoms with van der Waals surface area (Å²) in [5.74, 6) is -0.938. The first-order chi connectivity index (χ1) is 16.1. The molecule has 0 spiro atoms. The van der Waals surface area contributed by atoms with E-state index in [1.54, 1.807) is 11.0 Å². The fourth-order valence-corrected chi connectivity index (χ4v) is 5.07. The maximum atomic E-state index is 11.7. The van der Waals surface area contributed by atoms with E-state index in [1.807, 2.05) is 19.1 Å². The number of anilines is 1. The Morgan fingerprint density at radius 1 is 0.909 bits per heavy atom. The van der Waals surface area contributed by atoms with Crippen molar-refractivity contribution in [2.24, 2.45) is 0 Å². The number of pyridine rings is 1. The Hall–Kier alpha value is -3.70. The molecule has 0 amide bonds. The van der Waals surface area contributed by atoms with E-state index in [0.29, 0.717) is 11.6 Å². The van der Waals surface area contributed by atoms with Crippen molar-refractivity contribution in [3.63, 3.8) is 0 Å². The van der Waals surface area contributed by atoms with Crippen molar-refractivity contribution in [2.45, 2.75) is 13.0 Å². The first-order valence-corrected chi connectivity index (χ1v) is 11.4. The maximum Gasteiger partial charge on any atom is 0.337 e. The van der Waals surface area contributed by atoms with Gasteiger partial charge in [0.1, 0.15) is 6.04 Å². The van der Waals surface area contributed by atoms with Crippen LogP contribution in [0, 0.1) is 6.92 Å². The van der Waals surface area contributed by atoms with Gasteiger partial charge in [-0.05, 0) is 19.1 Å². The number of hydrogen-bond donors (Lipinski definition) is 2. The lowest BCUT2D eigenvalue weighted by molar-refractivity contribution is -0.926. The summed E-state index contributed by atoms with van der Waals surface area (Å²) in [6.07, 6.45) is 0. The number of piperazine rings is 1.